The van der Waals surface area contributed by atoms with E-state index in [4.69, 9.17) is 21.7 Å². The van der Waals surface area contributed by atoms with Crippen LogP contribution < -0.4 is 20.1 Å². The Labute approximate surface area is 194 Å². The van der Waals surface area contributed by atoms with E-state index in [2.05, 4.69) is 20.8 Å². The largest absolute Gasteiger partial charge is 0.493 e. The van der Waals surface area contributed by atoms with E-state index in [-0.39, 0.29) is 25.0 Å². The van der Waals surface area contributed by atoms with Crippen LogP contribution in [-0.2, 0) is 16.1 Å². The lowest BCUT2D eigenvalue weighted by Crippen LogP contribution is -2.31. The van der Waals surface area contributed by atoms with Gasteiger partial charge < -0.3 is 20.1 Å². The molecular formula is C21H25N5O4S2. The number of carbonyl (C=O) groups excluding carboxylic acids is 2. The first-order valence-electron chi connectivity index (χ1n) is 9.99. The minimum Gasteiger partial charge on any atom is -0.493 e. The summed E-state index contributed by atoms with van der Waals surface area (Å²) in [5.41, 5.74) is 0.821. The monoisotopic (exact) mass is 475 g/mol. The molecule has 0 aliphatic carbocycles. The first kappa shape index (κ1) is 23.5. The van der Waals surface area contributed by atoms with Crippen molar-refractivity contribution in [1.29, 1.82) is 0 Å². The predicted octanol–water partition coefficient (Wildman–Crippen LogP) is 3.07. The molecule has 2 aromatic heterocycles. The maximum Gasteiger partial charge on any atom is 0.257 e. The summed E-state index contributed by atoms with van der Waals surface area (Å²) in [5, 5.41) is 14.6. The second kappa shape index (κ2) is 10.9. The first-order valence-corrected chi connectivity index (χ1v) is 11.3. The number of amides is 2. The van der Waals surface area contributed by atoms with Crippen LogP contribution in [0.25, 0.3) is 10.7 Å². The number of H-pyrrole nitrogens is 1. The number of carbonyl (C=O) groups is 2. The van der Waals surface area contributed by atoms with Gasteiger partial charge in [0.1, 0.15) is 6.04 Å². The molecule has 0 bridgehead atoms. The number of aromatic amines is 1. The van der Waals surface area contributed by atoms with Gasteiger partial charge in [-0.2, -0.15) is 5.10 Å². The summed E-state index contributed by atoms with van der Waals surface area (Å²) in [6, 6.07) is 8.58. The average molecular weight is 476 g/mol. The van der Waals surface area contributed by atoms with Gasteiger partial charge in [0.25, 0.3) is 5.91 Å². The molecule has 9 nitrogen and oxygen atoms in total. The molecule has 32 heavy (non-hydrogen) atoms. The van der Waals surface area contributed by atoms with Gasteiger partial charge in [0.2, 0.25) is 5.91 Å². The van der Waals surface area contributed by atoms with Crippen LogP contribution in [0.2, 0.25) is 0 Å². The number of nitrogens with one attached hydrogen (secondary N) is 3. The minimum absolute atomic E-state index is 0.101. The number of hydrogen-bond acceptors (Lipinski definition) is 7. The van der Waals surface area contributed by atoms with E-state index >= 15 is 0 Å². The molecule has 170 valence electrons. The lowest BCUT2D eigenvalue weighted by Gasteiger charge is -2.16. The van der Waals surface area contributed by atoms with Crippen LogP contribution in [0.15, 0.2) is 35.7 Å². The SMILES string of the molecule is CCNC(=O)COc1ccc(CNC(=O)C(C)n2c(-c3cccs3)n[nH]c2=S)cc1OC. The second-order valence-corrected chi connectivity index (χ2v) is 8.16. The molecule has 3 N–H and O–H groups in total. The average Bonchev–Trinajstić information content (AvgIpc) is 3.45. The van der Waals surface area contributed by atoms with E-state index in [1.54, 1.807) is 29.7 Å². The van der Waals surface area contributed by atoms with Crippen molar-refractivity contribution in [3.63, 3.8) is 0 Å². The van der Waals surface area contributed by atoms with Crippen LogP contribution in [0.5, 0.6) is 11.5 Å². The van der Waals surface area contributed by atoms with Crippen molar-refractivity contribution in [1.82, 2.24) is 25.4 Å². The second-order valence-electron chi connectivity index (χ2n) is 6.82. The maximum atomic E-state index is 12.8. The third-order valence-electron chi connectivity index (χ3n) is 4.64. The fourth-order valence-corrected chi connectivity index (χ4v) is 4.03. The number of hydrogen-bond donors (Lipinski definition) is 3. The molecule has 1 aromatic carbocycles. The normalized spacial score (nSPS) is 11.6. The van der Waals surface area contributed by atoms with E-state index in [1.165, 1.54) is 18.4 Å². The lowest BCUT2D eigenvalue weighted by atomic mass is 10.2. The topological polar surface area (TPSA) is 110 Å². The fourth-order valence-electron chi connectivity index (χ4n) is 3.03. The third kappa shape index (κ3) is 5.54. The lowest BCUT2D eigenvalue weighted by molar-refractivity contribution is -0.124. The molecule has 0 saturated carbocycles. The van der Waals surface area contributed by atoms with Crippen LogP contribution in [0.4, 0.5) is 0 Å². The molecule has 2 heterocycles. The molecule has 0 radical (unpaired) electrons. The molecule has 2 amide bonds. The van der Waals surface area contributed by atoms with Crippen LogP contribution >= 0.6 is 23.6 Å². The Balaban J connectivity index is 1.65. The Morgan fingerprint density at radius 3 is 2.78 bits per heavy atom. The van der Waals surface area contributed by atoms with Crippen LogP contribution in [0.3, 0.4) is 0 Å². The van der Waals surface area contributed by atoms with Crippen molar-refractivity contribution in [3.8, 4) is 22.2 Å². The number of likely N-dealkylation sites (N-methyl/N-ethyl adjacent to an activating group) is 1. The van der Waals surface area contributed by atoms with Gasteiger partial charge >= 0.3 is 0 Å². The molecule has 1 unspecified atom stereocenters. The van der Waals surface area contributed by atoms with Gasteiger partial charge in [0.05, 0.1) is 12.0 Å². The summed E-state index contributed by atoms with van der Waals surface area (Å²) in [6.45, 7) is 4.34. The van der Waals surface area contributed by atoms with Gasteiger partial charge in [0, 0.05) is 13.1 Å². The number of aromatic nitrogens is 3. The maximum absolute atomic E-state index is 12.8. The Hall–Kier alpha value is -3.18. The van der Waals surface area contributed by atoms with E-state index in [1.807, 2.05) is 24.4 Å². The zero-order valence-corrected chi connectivity index (χ0v) is 19.6. The van der Waals surface area contributed by atoms with Crippen molar-refractivity contribution < 1.29 is 19.1 Å². The van der Waals surface area contributed by atoms with Gasteiger partial charge in [-0.25, -0.2) is 0 Å². The number of methoxy groups -OCH3 is 1. The Morgan fingerprint density at radius 1 is 1.28 bits per heavy atom. The summed E-state index contributed by atoms with van der Waals surface area (Å²) < 4.78 is 13.0. The minimum atomic E-state index is -0.556. The Kier molecular flexibility index (Phi) is 8.01. The van der Waals surface area contributed by atoms with E-state index in [0.717, 1.165) is 10.4 Å². The molecule has 0 saturated heterocycles. The smallest absolute Gasteiger partial charge is 0.257 e. The number of ether oxygens (including phenoxy) is 2. The first-order chi connectivity index (χ1) is 15.4. The highest BCUT2D eigenvalue weighted by Crippen LogP contribution is 2.28. The number of thiophene rings is 1. The molecule has 3 aromatic rings. The predicted molar refractivity (Wildman–Crippen MR) is 124 cm³/mol. The van der Waals surface area contributed by atoms with Crippen molar-refractivity contribution >= 4 is 35.4 Å². The van der Waals surface area contributed by atoms with E-state index in [9.17, 15) is 9.59 Å². The highest BCUT2D eigenvalue weighted by Gasteiger charge is 2.21. The summed E-state index contributed by atoms with van der Waals surface area (Å²) in [5.74, 6) is 1.15. The fraction of sp³-hybridized carbons (Fsp3) is 0.333. The standard InChI is InChI=1S/C21H25N5O4S2/c1-4-22-18(27)12-30-15-8-7-14(10-16(15)29-3)11-23-20(28)13(2)26-19(24-25-21(26)31)17-6-5-9-32-17/h5-10,13H,4,11-12H2,1-3H3,(H,22,27)(H,23,28)(H,25,31). The van der Waals surface area contributed by atoms with Crippen molar-refractivity contribution in [2.75, 3.05) is 20.3 Å². The molecular weight excluding hydrogens is 450 g/mol. The third-order valence-corrected chi connectivity index (χ3v) is 5.79. The van der Waals surface area contributed by atoms with E-state index < -0.39 is 6.04 Å². The summed E-state index contributed by atoms with van der Waals surface area (Å²) in [7, 11) is 1.52. The number of nitrogens with zero attached hydrogens (tertiary/aromatic N) is 2. The summed E-state index contributed by atoms with van der Waals surface area (Å²) in [6.07, 6.45) is 0. The molecule has 0 aliphatic rings. The molecule has 1 atom stereocenters. The van der Waals surface area contributed by atoms with Gasteiger partial charge in [-0.15, -0.1) is 11.3 Å². The molecule has 0 aliphatic heterocycles. The van der Waals surface area contributed by atoms with Gasteiger partial charge in [-0.1, -0.05) is 12.1 Å². The van der Waals surface area contributed by atoms with Crippen LogP contribution in [0.1, 0.15) is 25.5 Å². The molecule has 0 fully saturated rings. The highest BCUT2D eigenvalue weighted by molar-refractivity contribution is 7.71. The number of rotatable bonds is 10. The summed E-state index contributed by atoms with van der Waals surface area (Å²) in [4.78, 5) is 25.4. The highest BCUT2D eigenvalue weighted by atomic mass is 32.1. The van der Waals surface area contributed by atoms with Crippen molar-refractivity contribution in [2.24, 2.45) is 0 Å². The Bertz CT molecular complexity index is 1120. The molecule has 0 spiro atoms. The van der Waals surface area contributed by atoms with Gasteiger partial charge in [-0.05, 0) is 55.2 Å². The zero-order chi connectivity index (χ0) is 23.1. The van der Waals surface area contributed by atoms with E-state index in [0.29, 0.717) is 28.6 Å². The zero-order valence-electron chi connectivity index (χ0n) is 18.0. The number of benzene rings is 1. The van der Waals surface area contributed by atoms with Gasteiger partial charge in [-0.3, -0.25) is 19.3 Å². The summed E-state index contributed by atoms with van der Waals surface area (Å²) >= 11 is 6.86. The van der Waals surface area contributed by atoms with Crippen LogP contribution in [-0.4, -0.2) is 46.8 Å². The van der Waals surface area contributed by atoms with Crippen molar-refractivity contribution in [3.05, 3.63) is 46.0 Å². The Morgan fingerprint density at radius 2 is 2.09 bits per heavy atom. The van der Waals surface area contributed by atoms with Gasteiger partial charge in [0.15, 0.2) is 28.7 Å². The quantitative estimate of drug-likeness (QED) is 0.389. The molecule has 3 rings (SSSR count). The molecule has 11 heteroatoms. The van der Waals surface area contributed by atoms with Crippen molar-refractivity contribution in [2.45, 2.75) is 26.4 Å². The van der Waals surface area contributed by atoms with Crippen LogP contribution in [0, 0.1) is 4.77 Å².